The Balaban J connectivity index is 1.91. The number of halogens is 1. The molecular formula is C16H18FN3O. The van der Waals surface area contributed by atoms with Gasteiger partial charge in [0.15, 0.2) is 0 Å². The van der Waals surface area contributed by atoms with E-state index in [4.69, 9.17) is 0 Å². The van der Waals surface area contributed by atoms with E-state index in [0.29, 0.717) is 30.9 Å². The highest BCUT2D eigenvalue weighted by atomic mass is 19.1. The number of aromatic nitrogens is 1. The van der Waals surface area contributed by atoms with Crippen LogP contribution in [0.25, 0.3) is 0 Å². The van der Waals surface area contributed by atoms with E-state index in [-0.39, 0.29) is 11.7 Å². The number of hydrogen-bond acceptors (Lipinski definition) is 3. The third-order valence-electron chi connectivity index (χ3n) is 3.01. The van der Waals surface area contributed by atoms with E-state index in [2.05, 4.69) is 15.6 Å². The first-order chi connectivity index (χ1) is 10.2. The molecule has 2 rings (SSSR count). The fourth-order valence-corrected chi connectivity index (χ4v) is 1.96. The average molecular weight is 287 g/mol. The number of benzene rings is 1. The molecular weight excluding hydrogens is 269 g/mol. The predicted octanol–water partition coefficient (Wildman–Crippen LogP) is 2.63. The van der Waals surface area contributed by atoms with Crippen LogP contribution in [0.15, 0.2) is 42.6 Å². The van der Waals surface area contributed by atoms with E-state index < -0.39 is 0 Å². The van der Waals surface area contributed by atoms with Crippen LogP contribution < -0.4 is 10.6 Å². The summed E-state index contributed by atoms with van der Waals surface area (Å²) in [6.45, 7) is 3.14. The fraction of sp³-hybridized carbons (Fsp3) is 0.250. The SMILES string of the molecule is CCNc1ncccc1C(=O)NCCc1ccc(F)cc1. The standard InChI is InChI=1S/C16H18FN3O/c1-2-18-15-14(4-3-10-19-15)16(21)20-11-9-12-5-7-13(17)8-6-12/h3-8,10H,2,9,11H2,1H3,(H,18,19)(H,20,21). The summed E-state index contributed by atoms with van der Waals surface area (Å²) in [6.07, 6.45) is 2.30. The number of rotatable bonds is 6. The molecule has 0 saturated carbocycles. The van der Waals surface area contributed by atoms with Crippen LogP contribution >= 0.6 is 0 Å². The van der Waals surface area contributed by atoms with E-state index in [9.17, 15) is 9.18 Å². The molecule has 0 aliphatic rings. The number of nitrogens with one attached hydrogen (secondary N) is 2. The first-order valence-electron chi connectivity index (χ1n) is 6.92. The van der Waals surface area contributed by atoms with Gasteiger partial charge in [-0.1, -0.05) is 12.1 Å². The highest BCUT2D eigenvalue weighted by Gasteiger charge is 2.10. The lowest BCUT2D eigenvalue weighted by molar-refractivity contribution is 0.0954. The molecule has 1 aromatic heterocycles. The summed E-state index contributed by atoms with van der Waals surface area (Å²) in [5.41, 5.74) is 1.51. The molecule has 1 heterocycles. The quantitative estimate of drug-likeness (QED) is 0.858. The van der Waals surface area contributed by atoms with Crippen LogP contribution in [0.5, 0.6) is 0 Å². The molecule has 0 bridgehead atoms. The van der Waals surface area contributed by atoms with Crippen LogP contribution in [0, 0.1) is 5.82 Å². The van der Waals surface area contributed by atoms with Crippen LogP contribution in [-0.2, 0) is 6.42 Å². The maximum atomic E-state index is 12.8. The molecule has 0 aliphatic heterocycles. The average Bonchev–Trinajstić information content (AvgIpc) is 2.50. The molecule has 0 radical (unpaired) electrons. The van der Waals surface area contributed by atoms with Crippen molar-refractivity contribution in [3.8, 4) is 0 Å². The van der Waals surface area contributed by atoms with Gasteiger partial charge >= 0.3 is 0 Å². The Bertz CT molecular complexity index is 599. The van der Waals surface area contributed by atoms with E-state index in [0.717, 1.165) is 5.56 Å². The Hall–Kier alpha value is -2.43. The topological polar surface area (TPSA) is 54.0 Å². The summed E-state index contributed by atoms with van der Waals surface area (Å²) in [7, 11) is 0. The van der Waals surface area contributed by atoms with Gasteiger partial charge in [-0.05, 0) is 43.2 Å². The van der Waals surface area contributed by atoms with Crippen LogP contribution in [0.4, 0.5) is 10.2 Å². The molecule has 110 valence electrons. The van der Waals surface area contributed by atoms with Gasteiger partial charge in [0.1, 0.15) is 11.6 Å². The Kier molecular flexibility index (Phi) is 5.26. The lowest BCUT2D eigenvalue weighted by Crippen LogP contribution is -2.26. The van der Waals surface area contributed by atoms with Crippen molar-refractivity contribution in [1.82, 2.24) is 10.3 Å². The zero-order valence-electron chi connectivity index (χ0n) is 11.9. The normalized spacial score (nSPS) is 10.2. The van der Waals surface area contributed by atoms with E-state index in [1.165, 1.54) is 12.1 Å². The minimum Gasteiger partial charge on any atom is -0.370 e. The molecule has 1 amide bonds. The van der Waals surface area contributed by atoms with Crippen molar-refractivity contribution in [2.75, 3.05) is 18.4 Å². The van der Waals surface area contributed by atoms with E-state index in [1.807, 2.05) is 6.92 Å². The Morgan fingerprint density at radius 1 is 1.24 bits per heavy atom. The molecule has 2 aromatic rings. The Labute approximate surface area is 123 Å². The zero-order chi connectivity index (χ0) is 15.1. The smallest absolute Gasteiger partial charge is 0.255 e. The first-order valence-corrected chi connectivity index (χ1v) is 6.92. The summed E-state index contributed by atoms with van der Waals surface area (Å²) in [4.78, 5) is 16.3. The van der Waals surface area contributed by atoms with Gasteiger partial charge in [-0.25, -0.2) is 9.37 Å². The number of carbonyl (C=O) groups excluding carboxylic acids is 1. The largest absolute Gasteiger partial charge is 0.370 e. The first kappa shape index (κ1) is 15.0. The van der Waals surface area contributed by atoms with Crippen LogP contribution in [0.2, 0.25) is 0 Å². The van der Waals surface area contributed by atoms with Crippen LogP contribution in [0.1, 0.15) is 22.8 Å². The number of hydrogen-bond donors (Lipinski definition) is 2. The summed E-state index contributed by atoms with van der Waals surface area (Å²) in [6, 6.07) is 9.74. The number of pyridine rings is 1. The summed E-state index contributed by atoms with van der Waals surface area (Å²) < 4.78 is 12.8. The van der Waals surface area contributed by atoms with E-state index >= 15 is 0 Å². The van der Waals surface area contributed by atoms with Gasteiger partial charge in [0.25, 0.3) is 5.91 Å². The number of nitrogens with zero attached hydrogens (tertiary/aromatic N) is 1. The summed E-state index contributed by atoms with van der Waals surface area (Å²) >= 11 is 0. The Morgan fingerprint density at radius 2 is 2.00 bits per heavy atom. The highest BCUT2D eigenvalue weighted by Crippen LogP contribution is 2.11. The Morgan fingerprint density at radius 3 is 2.71 bits per heavy atom. The van der Waals surface area contributed by atoms with Crippen molar-refractivity contribution in [3.63, 3.8) is 0 Å². The zero-order valence-corrected chi connectivity index (χ0v) is 11.9. The molecule has 1 aromatic carbocycles. The van der Waals surface area contributed by atoms with Gasteiger partial charge in [-0.2, -0.15) is 0 Å². The number of amides is 1. The van der Waals surface area contributed by atoms with Gasteiger partial charge in [0, 0.05) is 19.3 Å². The lowest BCUT2D eigenvalue weighted by atomic mass is 10.1. The predicted molar refractivity (Wildman–Crippen MR) is 80.8 cm³/mol. The third-order valence-corrected chi connectivity index (χ3v) is 3.01. The monoisotopic (exact) mass is 287 g/mol. The van der Waals surface area contributed by atoms with Crippen molar-refractivity contribution in [1.29, 1.82) is 0 Å². The molecule has 0 fully saturated rings. The molecule has 21 heavy (non-hydrogen) atoms. The molecule has 0 unspecified atom stereocenters. The lowest BCUT2D eigenvalue weighted by Gasteiger charge is -2.10. The number of carbonyl (C=O) groups is 1. The van der Waals surface area contributed by atoms with Crippen molar-refractivity contribution in [2.24, 2.45) is 0 Å². The van der Waals surface area contributed by atoms with Crippen LogP contribution in [0.3, 0.4) is 0 Å². The van der Waals surface area contributed by atoms with Gasteiger partial charge < -0.3 is 10.6 Å². The second-order valence-electron chi connectivity index (χ2n) is 4.56. The molecule has 4 nitrogen and oxygen atoms in total. The maximum absolute atomic E-state index is 12.8. The fourth-order valence-electron chi connectivity index (χ4n) is 1.96. The van der Waals surface area contributed by atoms with Crippen molar-refractivity contribution in [2.45, 2.75) is 13.3 Å². The van der Waals surface area contributed by atoms with Crippen molar-refractivity contribution in [3.05, 3.63) is 59.5 Å². The van der Waals surface area contributed by atoms with Gasteiger partial charge in [0.05, 0.1) is 5.56 Å². The van der Waals surface area contributed by atoms with Gasteiger partial charge in [-0.3, -0.25) is 4.79 Å². The molecule has 5 heteroatoms. The van der Waals surface area contributed by atoms with Crippen molar-refractivity contribution >= 4 is 11.7 Å². The molecule has 0 aliphatic carbocycles. The second-order valence-corrected chi connectivity index (χ2v) is 4.56. The van der Waals surface area contributed by atoms with Crippen molar-refractivity contribution < 1.29 is 9.18 Å². The molecule has 2 N–H and O–H groups in total. The van der Waals surface area contributed by atoms with E-state index in [1.54, 1.807) is 30.5 Å². The minimum absolute atomic E-state index is 0.166. The van der Waals surface area contributed by atoms with Gasteiger partial charge in [0.2, 0.25) is 0 Å². The minimum atomic E-state index is -0.256. The second kappa shape index (κ2) is 7.38. The third kappa shape index (κ3) is 4.27. The van der Waals surface area contributed by atoms with Gasteiger partial charge in [-0.15, -0.1) is 0 Å². The molecule has 0 saturated heterocycles. The summed E-state index contributed by atoms with van der Waals surface area (Å²) in [5, 5.41) is 5.91. The molecule has 0 atom stereocenters. The number of anilines is 1. The maximum Gasteiger partial charge on any atom is 0.255 e. The molecule has 0 spiro atoms. The highest BCUT2D eigenvalue weighted by molar-refractivity contribution is 5.98. The van der Waals surface area contributed by atoms with Crippen LogP contribution in [-0.4, -0.2) is 24.0 Å². The summed E-state index contributed by atoms with van der Waals surface area (Å²) in [5.74, 6) is 0.161.